The minimum absolute atomic E-state index is 0.0892. The van der Waals surface area contributed by atoms with Crippen LogP contribution in [-0.2, 0) is 9.53 Å². The number of aromatic nitrogens is 1. The lowest BCUT2D eigenvalue weighted by atomic mass is 9.78. The molecule has 2 heterocycles. The second-order valence-corrected chi connectivity index (χ2v) is 7.90. The number of benzene rings is 1. The molecule has 1 aliphatic heterocycles. The summed E-state index contributed by atoms with van der Waals surface area (Å²) in [5.74, 6) is -6.86. The number of anilines is 1. The minimum Gasteiger partial charge on any atom is -0.431 e. The number of rotatable bonds is 6. The lowest BCUT2D eigenvalue weighted by molar-refractivity contribution is -0.131. The fraction of sp³-hybridized carbons (Fsp3) is 0.381. The zero-order valence-electron chi connectivity index (χ0n) is 17.4. The van der Waals surface area contributed by atoms with Gasteiger partial charge in [-0.2, -0.15) is 13.2 Å². The number of amides is 2. The number of halogens is 4. The zero-order valence-corrected chi connectivity index (χ0v) is 17.4. The third-order valence-corrected chi connectivity index (χ3v) is 5.58. The molecule has 1 aliphatic rings. The molecular weight excluding hydrogens is 434 g/mol. The molecule has 32 heavy (non-hydrogen) atoms. The van der Waals surface area contributed by atoms with Crippen LogP contribution >= 0.6 is 0 Å². The number of alkyl halides is 2. The standard InChI is InChI=1S/C21H21F4N3O4/c1-9-14(11-4-5-12(22)15(23)16(11)31-20(24)25)17(32-21(9,2)3)19(30)28-10-6-7-27-13(8-10)18(26)29/h4-9,14,17,20H,1-3H3,(H2,26,29)(H,27,28,30)/t9-,14+,17-/m0/s1. The van der Waals surface area contributed by atoms with Gasteiger partial charge in [-0.05, 0) is 38.0 Å². The van der Waals surface area contributed by atoms with Crippen LogP contribution in [0.4, 0.5) is 23.2 Å². The van der Waals surface area contributed by atoms with Crippen molar-refractivity contribution < 1.29 is 36.6 Å². The number of nitrogens with two attached hydrogens (primary N) is 1. The van der Waals surface area contributed by atoms with E-state index in [0.29, 0.717) is 0 Å². The molecule has 1 saturated heterocycles. The van der Waals surface area contributed by atoms with Crippen LogP contribution in [0.3, 0.4) is 0 Å². The molecule has 1 fully saturated rings. The molecule has 3 N–H and O–H groups in total. The number of carbonyl (C=O) groups excluding carboxylic acids is 2. The van der Waals surface area contributed by atoms with Crippen molar-refractivity contribution in [1.82, 2.24) is 4.98 Å². The fourth-order valence-electron chi connectivity index (χ4n) is 3.73. The molecule has 0 radical (unpaired) electrons. The topological polar surface area (TPSA) is 104 Å². The van der Waals surface area contributed by atoms with E-state index in [1.54, 1.807) is 20.8 Å². The second-order valence-electron chi connectivity index (χ2n) is 7.90. The SMILES string of the molecule is C[C@H]1[C@H](c2ccc(F)c(F)c2OC(F)F)[C@@H](C(=O)Nc2ccnc(C(N)=O)c2)OC1(C)C. The van der Waals surface area contributed by atoms with Crippen LogP contribution in [0.1, 0.15) is 42.7 Å². The Morgan fingerprint density at radius 3 is 2.56 bits per heavy atom. The van der Waals surface area contributed by atoms with Crippen LogP contribution in [-0.4, -0.2) is 35.1 Å². The van der Waals surface area contributed by atoms with Crippen LogP contribution in [0.2, 0.25) is 0 Å². The first-order chi connectivity index (χ1) is 14.9. The van der Waals surface area contributed by atoms with E-state index >= 15 is 0 Å². The van der Waals surface area contributed by atoms with Crippen LogP contribution < -0.4 is 15.8 Å². The van der Waals surface area contributed by atoms with Gasteiger partial charge in [-0.1, -0.05) is 13.0 Å². The van der Waals surface area contributed by atoms with Crippen LogP contribution in [0.5, 0.6) is 5.75 Å². The molecular formula is C21H21F4N3O4. The summed E-state index contributed by atoms with van der Waals surface area (Å²) in [4.78, 5) is 28.2. The molecule has 0 spiro atoms. The number of hydrogen-bond acceptors (Lipinski definition) is 5. The van der Waals surface area contributed by atoms with Crippen molar-refractivity contribution in [3.05, 3.63) is 53.4 Å². The second kappa shape index (κ2) is 8.73. The normalized spacial score (nSPS) is 22.1. The van der Waals surface area contributed by atoms with Crippen molar-refractivity contribution in [2.45, 2.75) is 45.0 Å². The summed E-state index contributed by atoms with van der Waals surface area (Å²) in [5, 5.41) is 2.55. The molecule has 172 valence electrons. The minimum atomic E-state index is -3.41. The molecule has 1 aromatic carbocycles. The van der Waals surface area contributed by atoms with Crippen molar-refractivity contribution >= 4 is 17.5 Å². The first-order valence-electron chi connectivity index (χ1n) is 9.59. The summed E-state index contributed by atoms with van der Waals surface area (Å²) in [7, 11) is 0. The van der Waals surface area contributed by atoms with Crippen LogP contribution in [0.25, 0.3) is 0 Å². The van der Waals surface area contributed by atoms with Gasteiger partial charge in [0.25, 0.3) is 11.8 Å². The average molecular weight is 455 g/mol. The van der Waals surface area contributed by atoms with Gasteiger partial charge in [-0.25, -0.2) is 4.39 Å². The van der Waals surface area contributed by atoms with Gasteiger partial charge in [0.15, 0.2) is 11.6 Å². The predicted octanol–water partition coefficient (Wildman–Crippen LogP) is 3.60. The van der Waals surface area contributed by atoms with E-state index in [1.165, 1.54) is 18.3 Å². The maximum atomic E-state index is 14.4. The maximum absolute atomic E-state index is 14.4. The Bertz CT molecular complexity index is 1050. The highest BCUT2D eigenvalue weighted by molar-refractivity contribution is 5.97. The van der Waals surface area contributed by atoms with E-state index in [-0.39, 0.29) is 16.9 Å². The van der Waals surface area contributed by atoms with E-state index in [2.05, 4.69) is 15.0 Å². The van der Waals surface area contributed by atoms with Gasteiger partial charge in [0.2, 0.25) is 5.82 Å². The first-order valence-corrected chi connectivity index (χ1v) is 9.59. The highest BCUT2D eigenvalue weighted by Crippen LogP contribution is 2.49. The third-order valence-electron chi connectivity index (χ3n) is 5.58. The Morgan fingerprint density at radius 1 is 1.25 bits per heavy atom. The van der Waals surface area contributed by atoms with Crippen molar-refractivity contribution in [2.75, 3.05) is 5.32 Å². The van der Waals surface area contributed by atoms with Gasteiger partial charge < -0.3 is 20.5 Å². The van der Waals surface area contributed by atoms with Gasteiger partial charge in [-0.15, -0.1) is 0 Å². The fourth-order valence-corrected chi connectivity index (χ4v) is 3.73. The van der Waals surface area contributed by atoms with E-state index in [9.17, 15) is 27.2 Å². The molecule has 2 amide bonds. The van der Waals surface area contributed by atoms with E-state index in [1.807, 2.05) is 0 Å². The molecule has 0 saturated carbocycles. The largest absolute Gasteiger partial charge is 0.431 e. The van der Waals surface area contributed by atoms with Gasteiger partial charge >= 0.3 is 6.61 Å². The third kappa shape index (κ3) is 4.52. The Labute approximate surface area is 180 Å². The Kier molecular flexibility index (Phi) is 6.40. The highest BCUT2D eigenvalue weighted by atomic mass is 19.3. The number of pyridine rings is 1. The van der Waals surface area contributed by atoms with Gasteiger partial charge in [0.1, 0.15) is 11.8 Å². The van der Waals surface area contributed by atoms with Gasteiger partial charge in [-0.3, -0.25) is 14.6 Å². The molecule has 1 aromatic heterocycles. The summed E-state index contributed by atoms with van der Waals surface area (Å²) in [6.45, 7) is 1.65. The molecule has 0 bridgehead atoms. The Hall–Kier alpha value is -3.21. The monoisotopic (exact) mass is 455 g/mol. The summed E-state index contributed by atoms with van der Waals surface area (Å²) >= 11 is 0. The Balaban J connectivity index is 2.01. The number of nitrogens with one attached hydrogen (secondary N) is 1. The number of nitrogens with zero attached hydrogens (tertiary/aromatic N) is 1. The molecule has 2 aromatic rings. The predicted molar refractivity (Wildman–Crippen MR) is 105 cm³/mol. The van der Waals surface area contributed by atoms with Crippen LogP contribution in [0, 0.1) is 17.6 Å². The number of hydrogen-bond donors (Lipinski definition) is 2. The lowest BCUT2D eigenvalue weighted by Gasteiger charge is -2.26. The number of carbonyl (C=O) groups is 2. The van der Waals surface area contributed by atoms with Crippen LogP contribution in [0.15, 0.2) is 30.5 Å². The highest BCUT2D eigenvalue weighted by Gasteiger charge is 2.51. The van der Waals surface area contributed by atoms with Crippen molar-refractivity contribution in [3.63, 3.8) is 0 Å². The summed E-state index contributed by atoms with van der Waals surface area (Å²) in [5.41, 5.74) is 4.24. The number of ether oxygens (including phenoxy) is 2. The molecule has 0 unspecified atom stereocenters. The average Bonchev–Trinajstić information content (AvgIpc) is 2.95. The van der Waals surface area contributed by atoms with Crippen molar-refractivity contribution in [1.29, 1.82) is 0 Å². The first kappa shape index (κ1) is 23.5. The van der Waals surface area contributed by atoms with Gasteiger partial charge in [0.05, 0.1) is 5.60 Å². The summed E-state index contributed by atoms with van der Waals surface area (Å²) < 4.78 is 64.1. The molecule has 0 aliphatic carbocycles. The van der Waals surface area contributed by atoms with Crippen molar-refractivity contribution in [2.24, 2.45) is 11.7 Å². The van der Waals surface area contributed by atoms with E-state index in [4.69, 9.17) is 10.5 Å². The molecule has 11 heteroatoms. The molecule has 3 atom stereocenters. The Morgan fingerprint density at radius 2 is 1.94 bits per heavy atom. The number of primary amides is 1. The molecule has 3 rings (SSSR count). The molecule has 7 nitrogen and oxygen atoms in total. The van der Waals surface area contributed by atoms with E-state index < -0.39 is 59.4 Å². The zero-order chi connectivity index (χ0) is 23.8. The smallest absolute Gasteiger partial charge is 0.387 e. The quantitative estimate of drug-likeness (QED) is 0.648. The lowest BCUT2D eigenvalue weighted by Crippen LogP contribution is -2.33. The van der Waals surface area contributed by atoms with Gasteiger partial charge in [0, 0.05) is 23.4 Å². The van der Waals surface area contributed by atoms with Crippen molar-refractivity contribution in [3.8, 4) is 5.75 Å². The summed E-state index contributed by atoms with van der Waals surface area (Å²) in [6, 6.07) is 4.53. The summed E-state index contributed by atoms with van der Waals surface area (Å²) in [6.07, 6.45) is -0.00536. The maximum Gasteiger partial charge on any atom is 0.387 e. The van der Waals surface area contributed by atoms with E-state index in [0.717, 1.165) is 12.1 Å².